The predicted molar refractivity (Wildman–Crippen MR) is 131 cm³/mol. The van der Waals surface area contributed by atoms with Gasteiger partial charge in [0.1, 0.15) is 5.78 Å². The molecule has 17 heteroatoms. The van der Waals surface area contributed by atoms with Crippen LogP contribution in [0.3, 0.4) is 0 Å². The normalized spacial score (nSPS) is 19.4. The zero-order chi connectivity index (χ0) is 25.3. The molecule has 2 amide bonds. The lowest BCUT2D eigenvalue weighted by Gasteiger charge is -2.33. The minimum absolute atomic E-state index is 0.0445. The SMILES string of the molecule is CCOP(=O)(OCC)C(C)NC(=O)N(CCCl)N=O.O=P1(N(CCCl)CCCl)NCCCO1. The van der Waals surface area contributed by atoms with Crippen molar-refractivity contribution >= 4 is 56.1 Å². The monoisotopic (exact) mass is 575 g/mol. The van der Waals surface area contributed by atoms with Crippen molar-refractivity contribution in [1.29, 1.82) is 0 Å². The van der Waals surface area contributed by atoms with Crippen molar-refractivity contribution in [1.82, 2.24) is 20.1 Å². The maximum atomic E-state index is 12.3. The van der Waals surface area contributed by atoms with E-state index in [2.05, 4.69) is 15.7 Å². The molecule has 2 atom stereocenters. The van der Waals surface area contributed by atoms with Gasteiger partial charge in [-0.1, -0.05) is 0 Å². The molecule has 1 saturated heterocycles. The molecule has 33 heavy (non-hydrogen) atoms. The third-order valence-electron chi connectivity index (χ3n) is 4.01. The standard InChI is InChI=1S/C9H19ClN3O5P.C7H15Cl2N2O2P/c1-4-17-19(16,18-5-2)8(3)11-9(14)13(12-15)7-6-10;8-2-5-11(6-3-9)14(12)10-4-1-7-13-14/h8H,4-7H2,1-3H3,(H,11,14);1-7H2,(H,10,12). The minimum Gasteiger partial charge on any atom is -0.322 e. The quantitative estimate of drug-likeness (QED) is 0.133. The average molecular weight is 577 g/mol. The third-order valence-corrected chi connectivity index (χ3v) is 9.13. The van der Waals surface area contributed by atoms with E-state index < -0.39 is 27.1 Å². The van der Waals surface area contributed by atoms with Gasteiger partial charge in [-0.15, -0.1) is 39.7 Å². The molecular weight excluding hydrogens is 543 g/mol. The summed E-state index contributed by atoms with van der Waals surface area (Å²) in [7, 11) is -6.31. The van der Waals surface area contributed by atoms with Gasteiger partial charge in [0.2, 0.25) is 0 Å². The lowest BCUT2D eigenvalue weighted by Crippen LogP contribution is -2.42. The van der Waals surface area contributed by atoms with Crippen LogP contribution in [0.25, 0.3) is 0 Å². The van der Waals surface area contributed by atoms with Crippen LogP contribution in [0.4, 0.5) is 4.79 Å². The molecule has 12 nitrogen and oxygen atoms in total. The highest BCUT2D eigenvalue weighted by Crippen LogP contribution is 2.51. The Balaban J connectivity index is 0.000000647. The van der Waals surface area contributed by atoms with Crippen LogP contribution in [-0.4, -0.2) is 85.1 Å². The largest absolute Gasteiger partial charge is 0.352 e. The Morgan fingerprint density at radius 3 is 2.12 bits per heavy atom. The summed E-state index contributed by atoms with van der Waals surface area (Å²) < 4.78 is 41.6. The maximum Gasteiger partial charge on any atom is 0.352 e. The van der Waals surface area contributed by atoms with E-state index in [9.17, 15) is 18.8 Å². The molecule has 0 radical (unpaired) electrons. The molecule has 2 N–H and O–H groups in total. The van der Waals surface area contributed by atoms with Crippen LogP contribution in [0.2, 0.25) is 0 Å². The number of amides is 2. The molecule has 0 aromatic rings. The van der Waals surface area contributed by atoms with Crippen LogP contribution in [0, 0.1) is 4.91 Å². The predicted octanol–water partition coefficient (Wildman–Crippen LogP) is 4.41. The van der Waals surface area contributed by atoms with Gasteiger partial charge >= 0.3 is 21.3 Å². The van der Waals surface area contributed by atoms with Crippen LogP contribution in [0.1, 0.15) is 27.2 Å². The van der Waals surface area contributed by atoms with Crippen molar-refractivity contribution in [2.45, 2.75) is 33.0 Å². The van der Waals surface area contributed by atoms with E-state index in [-0.39, 0.29) is 25.6 Å². The number of nitroso groups, excluding NO2 is 1. The smallest absolute Gasteiger partial charge is 0.322 e. The molecule has 1 fully saturated rings. The van der Waals surface area contributed by atoms with Crippen molar-refractivity contribution in [2.75, 3.05) is 63.6 Å². The fraction of sp³-hybridized carbons (Fsp3) is 0.938. The first-order valence-electron chi connectivity index (χ1n) is 10.4. The van der Waals surface area contributed by atoms with Crippen molar-refractivity contribution < 1.29 is 27.5 Å². The third kappa shape index (κ3) is 12.0. The summed E-state index contributed by atoms with van der Waals surface area (Å²) in [5, 5.41) is 8.38. The highest BCUT2D eigenvalue weighted by molar-refractivity contribution is 7.54. The van der Waals surface area contributed by atoms with Gasteiger partial charge in [0.15, 0.2) is 0 Å². The second kappa shape index (κ2) is 18.3. The number of nitrogens with zero attached hydrogens (tertiary/aromatic N) is 3. The van der Waals surface area contributed by atoms with Gasteiger partial charge in [0.25, 0.3) is 0 Å². The molecule has 1 aliphatic rings. The number of hydrogen-bond donors (Lipinski definition) is 2. The topological polar surface area (TPSA) is 139 Å². The van der Waals surface area contributed by atoms with Crippen LogP contribution >= 0.6 is 50.1 Å². The van der Waals surface area contributed by atoms with Crippen LogP contribution in [-0.2, 0) is 22.7 Å². The molecule has 0 spiro atoms. The lowest BCUT2D eigenvalue weighted by atomic mass is 10.5. The van der Waals surface area contributed by atoms with E-state index in [0.717, 1.165) is 13.0 Å². The molecule has 0 aromatic carbocycles. The lowest BCUT2D eigenvalue weighted by molar-refractivity contribution is 0.189. The number of hydrogen-bond acceptors (Lipinski definition) is 8. The fourth-order valence-corrected chi connectivity index (χ4v) is 6.80. The van der Waals surface area contributed by atoms with E-state index in [1.807, 2.05) is 0 Å². The first-order chi connectivity index (χ1) is 15.7. The highest BCUT2D eigenvalue weighted by Gasteiger charge is 2.34. The van der Waals surface area contributed by atoms with Gasteiger partial charge in [-0.05, 0) is 27.2 Å². The molecule has 196 valence electrons. The van der Waals surface area contributed by atoms with Gasteiger partial charge in [-0.25, -0.2) is 14.6 Å². The Kier molecular flexibility index (Phi) is 18.3. The number of carbonyl (C=O) groups is 1. The first kappa shape index (κ1) is 33.0. The average Bonchev–Trinajstić information content (AvgIpc) is 2.78. The van der Waals surface area contributed by atoms with Crippen LogP contribution in [0.5, 0.6) is 0 Å². The van der Waals surface area contributed by atoms with Crippen molar-refractivity contribution in [3.05, 3.63) is 4.91 Å². The Hall–Kier alpha value is -0.000000000000000153. The molecule has 0 bridgehead atoms. The number of urea groups is 1. The Labute approximate surface area is 210 Å². The second-order valence-corrected chi connectivity index (χ2v) is 12.0. The molecule has 0 aliphatic carbocycles. The number of rotatable bonds is 14. The molecule has 1 heterocycles. The molecule has 0 aromatic heterocycles. The minimum atomic E-state index is -3.47. The number of alkyl halides is 3. The highest BCUT2D eigenvalue weighted by atomic mass is 35.5. The van der Waals surface area contributed by atoms with Gasteiger partial charge in [-0.2, -0.15) is 5.01 Å². The maximum absolute atomic E-state index is 12.3. The van der Waals surface area contributed by atoms with Gasteiger partial charge < -0.3 is 18.9 Å². The first-order valence-corrected chi connectivity index (χ1v) is 15.2. The Morgan fingerprint density at radius 1 is 1.18 bits per heavy atom. The van der Waals surface area contributed by atoms with E-state index in [1.54, 1.807) is 18.5 Å². The van der Waals surface area contributed by atoms with Gasteiger partial charge in [0.05, 0.1) is 31.7 Å². The summed E-state index contributed by atoms with van der Waals surface area (Å²) in [6.45, 7) is 7.40. The fourth-order valence-electron chi connectivity index (χ4n) is 2.49. The number of halogens is 3. The van der Waals surface area contributed by atoms with E-state index >= 15 is 0 Å². The van der Waals surface area contributed by atoms with Gasteiger partial charge in [0, 0.05) is 37.3 Å². The number of carbonyl (C=O) groups excluding carboxylic acids is 1. The summed E-state index contributed by atoms with van der Waals surface area (Å²) in [5.74, 6) is -0.000526. The summed E-state index contributed by atoms with van der Waals surface area (Å²) in [6.07, 6.45) is 0.888. The summed E-state index contributed by atoms with van der Waals surface area (Å²) in [5.41, 5.74) is 0. The summed E-state index contributed by atoms with van der Waals surface area (Å²) in [6, 6.07) is -0.803. The van der Waals surface area contributed by atoms with Gasteiger partial charge in [-0.3, -0.25) is 9.13 Å². The van der Waals surface area contributed by atoms with E-state index in [0.29, 0.717) is 36.5 Å². The molecular formula is C16H34Cl3N5O7P2. The van der Waals surface area contributed by atoms with Crippen LogP contribution in [0.15, 0.2) is 5.29 Å². The van der Waals surface area contributed by atoms with E-state index in [4.69, 9.17) is 48.4 Å². The molecule has 0 saturated carbocycles. The van der Waals surface area contributed by atoms with E-state index in [1.165, 1.54) is 6.92 Å². The summed E-state index contributed by atoms with van der Waals surface area (Å²) >= 11 is 16.7. The van der Waals surface area contributed by atoms with Crippen molar-refractivity contribution in [3.8, 4) is 0 Å². The summed E-state index contributed by atoms with van der Waals surface area (Å²) in [4.78, 5) is 22.1. The molecule has 1 rings (SSSR count). The number of nitrogens with one attached hydrogen (secondary N) is 2. The Bertz CT molecular complexity index is 642. The molecule has 1 aliphatic heterocycles. The zero-order valence-corrected chi connectivity index (χ0v) is 23.1. The Morgan fingerprint density at radius 2 is 1.73 bits per heavy atom. The van der Waals surface area contributed by atoms with Crippen LogP contribution < -0.4 is 10.4 Å². The molecule has 2 unspecified atom stereocenters. The van der Waals surface area contributed by atoms with Crippen molar-refractivity contribution in [2.24, 2.45) is 5.29 Å². The zero-order valence-electron chi connectivity index (χ0n) is 19.1. The second-order valence-electron chi connectivity index (χ2n) is 6.34. The van der Waals surface area contributed by atoms with Crippen molar-refractivity contribution in [3.63, 3.8) is 0 Å².